The number of pyridine rings is 1. The number of ether oxygens (including phenoxy) is 2. The van der Waals surface area contributed by atoms with Gasteiger partial charge in [0, 0.05) is 31.2 Å². The molecule has 4 rings (SSSR count). The molecule has 3 aromatic rings. The molecular weight excluding hydrogens is 428 g/mol. The summed E-state index contributed by atoms with van der Waals surface area (Å²) < 4.78 is 13.2. The third kappa shape index (κ3) is 5.32. The van der Waals surface area contributed by atoms with E-state index in [9.17, 15) is 4.79 Å². The number of allylic oxidation sites excluding steroid dienone is 5. The SMILES string of the molecule is C=C/C(=C\C=C(/C)OCCCN(C)C)c1ccc2ncc3[nH]c(=O)n(C4CCOCC4)c3c2c1. The first-order chi connectivity index (χ1) is 16.5. The molecule has 3 heterocycles. The number of fused-ring (bicyclic) bond motifs is 3. The minimum absolute atomic E-state index is 0.0916. The molecule has 0 saturated carbocycles. The van der Waals surface area contributed by atoms with Crippen molar-refractivity contribution < 1.29 is 9.47 Å². The Morgan fingerprint density at radius 3 is 2.85 bits per heavy atom. The number of imidazole rings is 1. The molecule has 0 spiro atoms. The monoisotopic (exact) mass is 462 g/mol. The lowest BCUT2D eigenvalue weighted by atomic mass is 10.0. The van der Waals surface area contributed by atoms with E-state index in [1.54, 1.807) is 6.20 Å². The predicted octanol–water partition coefficient (Wildman–Crippen LogP) is 4.67. The number of hydrogen-bond acceptors (Lipinski definition) is 5. The van der Waals surface area contributed by atoms with Crippen molar-refractivity contribution in [1.82, 2.24) is 19.4 Å². The highest BCUT2D eigenvalue weighted by atomic mass is 16.5. The van der Waals surface area contributed by atoms with Crippen molar-refractivity contribution in [2.45, 2.75) is 32.2 Å². The van der Waals surface area contributed by atoms with Crippen molar-refractivity contribution in [3.63, 3.8) is 0 Å². The Balaban J connectivity index is 1.68. The fourth-order valence-corrected chi connectivity index (χ4v) is 4.43. The van der Waals surface area contributed by atoms with E-state index in [1.807, 2.05) is 41.9 Å². The van der Waals surface area contributed by atoms with Crippen LogP contribution in [-0.4, -0.2) is 59.9 Å². The number of hydrogen-bond donors (Lipinski definition) is 1. The Morgan fingerprint density at radius 2 is 2.12 bits per heavy atom. The first kappa shape index (κ1) is 24.0. The molecule has 180 valence electrons. The summed E-state index contributed by atoms with van der Waals surface area (Å²) in [7, 11) is 4.12. The summed E-state index contributed by atoms with van der Waals surface area (Å²) in [5.41, 5.74) is 4.42. The number of nitrogens with one attached hydrogen (secondary N) is 1. The van der Waals surface area contributed by atoms with Crippen LogP contribution in [0.1, 0.15) is 37.8 Å². The average molecular weight is 463 g/mol. The molecule has 0 unspecified atom stereocenters. The van der Waals surface area contributed by atoms with Crippen LogP contribution in [0.5, 0.6) is 0 Å². The summed E-state index contributed by atoms with van der Waals surface area (Å²) in [6, 6.07) is 6.26. The third-order valence-corrected chi connectivity index (χ3v) is 6.23. The Morgan fingerprint density at radius 1 is 1.32 bits per heavy atom. The molecule has 34 heavy (non-hydrogen) atoms. The van der Waals surface area contributed by atoms with E-state index in [1.165, 1.54) is 0 Å². The van der Waals surface area contributed by atoms with Crippen molar-refractivity contribution >= 4 is 27.5 Å². The Kier molecular flexibility index (Phi) is 7.65. The minimum atomic E-state index is -0.0916. The van der Waals surface area contributed by atoms with E-state index in [-0.39, 0.29) is 11.7 Å². The van der Waals surface area contributed by atoms with Gasteiger partial charge in [-0.1, -0.05) is 24.8 Å². The van der Waals surface area contributed by atoms with Crippen molar-refractivity contribution in [2.24, 2.45) is 0 Å². The first-order valence-electron chi connectivity index (χ1n) is 11.9. The first-order valence-corrected chi connectivity index (χ1v) is 11.9. The van der Waals surface area contributed by atoms with E-state index in [0.717, 1.165) is 64.6 Å². The summed E-state index contributed by atoms with van der Waals surface area (Å²) in [5.74, 6) is 0.863. The van der Waals surface area contributed by atoms with Crippen LogP contribution in [-0.2, 0) is 9.47 Å². The molecule has 7 heteroatoms. The zero-order chi connectivity index (χ0) is 24.1. The maximum atomic E-state index is 12.9. The van der Waals surface area contributed by atoms with Gasteiger partial charge in [-0.05, 0) is 69.6 Å². The number of nitrogens with zero attached hydrogens (tertiary/aromatic N) is 3. The van der Waals surface area contributed by atoms with E-state index >= 15 is 0 Å². The lowest BCUT2D eigenvalue weighted by Gasteiger charge is -2.23. The highest BCUT2D eigenvalue weighted by Crippen LogP contribution is 2.30. The molecular formula is C27H34N4O3. The van der Waals surface area contributed by atoms with Crippen LogP contribution in [0.3, 0.4) is 0 Å². The second kappa shape index (κ2) is 10.8. The van der Waals surface area contributed by atoms with Gasteiger partial charge >= 0.3 is 5.69 Å². The molecule has 1 aliphatic heterocycles. The van der Waals surface area contributed by atoms with Crippen LogP contribution < -0.4 is 5.69 Å². The molecule has 0 radical (unpaired) electrons. The topological polar surface area (TPSA) is 72.4 Å². The maximum Gasteiger partial charge on any atom is 0.326 e. The van der Waals surface area contributed by atoms with E-state index in [4.69, 9.17) is 9.47 Å². The highest BCUT2D eigenvalue weighted by Gasteiger charge is 2.22. The molecule has 2 aromatic heterocycles. The highest BCUT2D eigenvalue weighted by molar-refractivity contribution is 6.03. The van der Waals surface area contributed by atoms with E-state index in [0.29, 0.717) is 19.8 Å². The third-order valence-electron chi connectivity index (χ3n) is 6.23. The molecule has 7 nitrogen and oxygen atoms in total. The van der Waals surface area contributed by atoms with Crippen LogP contribution in [0.2, 0.25) is 0 Å². The van der Waals surface area contributed by atoms with Gasteiger partial charge in [0.25, 0.3) is 0 Å². The summed E-state index contributed by atoms with van der Waals surface area (Å²) in [4.78, 5) is 22.6. The molecule has 0 atom stereocenters. The number of H-pyrrole nitrogens is 1. The smallest absolute Gasteiger partial charge is 0.326 e. The van der Waals surface area contributed by atoms with Crippen molar-refractivity contribution in [3.05, 3.63) is 71.0 Å². The summed E-state index contributed by atoms with van der Waals surface area (Å²) in [6.45, 7) is 9.01. The molecule has 1 N–H and O–H groups in total. The summed E-state index contributed by atoms with van der Waals surface area (Å²) in [5, 5.41) is 0.952. The zero-order valence-corrected chi connectivity index (χ0v) is 20.3. The molecule has 1 aromatic carbocycles. The summed E-state index contributed by atoms with van der Waals surface area (Å²) >= 11 is 0. The maximum absolute atomic E-state index is 12.9. The fraction of sp³-hybridized carbons (Fsp3) is 0.407. The molecule has 0 bridgehead atoms. The van der Waals surface area contributed by atoms with Crippen molar-refractivity contribution in [1.29, 1.82) is 0 Å². The predicted molar refractivity (Wildman–Crippen MR) is 138 cm³/mol. The molecule has 1 saturated heterocycles. The second-order valence-corrected chi connectivity index (χ2v) is 9.00. The zero-order valence-electron chi connectivity index (χ0n) is 20.3. The molecule has 0 aliphatic carbocycles. The van der Waals surface area contributed by atoms with E-state index < -0.39 is 0 Å². The van der Waals surface area contributed by atoms with Crippen molar-refractivity contribution in [3.8, 4) is 0 Å². The van der Waals surface area contributed by atoms with Gasteiger partial charge in [0.05, 0.1) is 35.1 Å². The number of benzene rings is 1. The second-order valence-electron chi connectivity index (χ2n) is 9.00. The summed E-state index contributed by atoms with van der Waals surface area (Å²) in [6.07, 6.45) is 10.2. The minimum Gasteiger partial charge on any atom is -0.498 e. The van der Waals surface area contributed by atoms with Crippen LogP contribution in [0.25, 0.3) is 27.5 Å². The normalized spacial score (nSPS) is 16.0. The van der Waals surface area contributed by atoms with Gasteiger partial charge in [-0.25, -0.2) is 4.79 Å². The van der Waals surface area contributed by atoms with Crippen LogP contribution in [0, 0.1) is 0 Å². The van der Waals surface area contributed by atoms with Gasteiger partial charge in [-0.3, -0.25) is 9.55 Å². The largest absolute Gasteiger partial charge is 0.498 e. The van der Waals surface area contributed by atoms with Gasteiger partial charge in [-0.2, -0.15) is 0 Å². The standard InChI is InChI=1S/C27H34N4O3/c1-5-20(8-7-19(2)34-14-6-13-30(3)4)21-9-10-24-23(17-21)26-25(18-28-24)29-27(32)31(26)22-11-15-33-16-12-22/h5,7-10,17-18,22H,1,6,11-16H2,2-4H3,(H,29,32)/b19-7+,20-8+. The Hall–Kier alpha value is -3.16. The van der Waals surface area contributed by atoms with Crippen molar-refractivity contribution in [2.75, 3.05) is 40.5 Å². The van der Waals surface area contributed by atoms with Gasteiger partial charge in [0.1, 0.15) is 0 Å². The lowest BCUT2D eigenvalue weighted by molar-refractivity contribution is 0.0698. The van der Waals surface area contributed by atoms with E-state index in [2.05, 4.69) is 41.6 Å². The lowest BCUT2D eigenvalue weighted by Crippen LogP contribution is -2.27. The van der Waals surface area contributed by atoms with Gasteiger partial charge in [-0.15, -0.1) is 0 Å². The average Bonchev–Trinajstić information content (AvgIpc) is 3.19. The van der Waals surface area contributed by atoms with Gasteiger partial charge in [0.2, 0.25) is 0 Å². The number of aromatic amines is 1. The van der Waals surface area contributed by atoms with Gasteiger partial charge in [0.15, 0.2) is 0 Å². The molecule has 1 aliphatic rings. The van der Waals surface area contributed by atoms with Crippen LogP contribution in [0.15, 0.2) is 59.8 Å². The van der Waals surface area contributed by atoms with Gasteiger partial charge < -0.3 is 19.4 Å². The fourth-order valence-electron chi connectivity index (χ4n) is 4.43. The molecule has 1 fully saturated rings. The quantitative estimate of drug-likeness (QED) is 0.284. The number of aromatic nitrogens is 3. The van der Waals surface area contributed by atoms with Crippen LogP contribution in [0.4, 0.5) is 0 Å². The van der Waals surface area contributed by atoms with Crippen LogP contribution >= 0.6 is 0 Å². The Bertz CT molecular complexity index is 1280. The number of rotatable bonds is 9. The molecule has 0 amide bonds. The Labute approximate surface area is 200 Å².